The summed E-state index contributed by atoms with van der Waals surface area (Å²) in [6, 6.07) is 4.19. The molecule has 12 heteroatoms. The van der Waals surface area contributed by atoms with Gasteiger partial charge < -0.3 is 19.4 Å². The van der Waals surface area contributed by atoms with Crippen molar-refractivity contribution >= 4 is 40.2 Å². The molecule has 0 bridgehead atoms. The molecule has 37 heavy (non-hydrogen) atoms. The molecule has 0 aliphatic carbocycles. The average molecular weight is 522 g/mol. The van der Waals surface area contributed by atoms with Gasteiger partial charge in [-0.25, -0.2) is 14.5 Å². The standard InChI is InChI=1S/C25H28ClN9O2/c1-14-8-20-27-10-16(12-34(20)31-14)37-17-11-28-23-22(21(17)26)33(5)24(30-23)29-19-9-18(25(2,3)4)35(32-19)15-6-7-36-13-15/h8-12,15H,6-7,13H2,1-5H3,(H,28,29,30,32)/t15-/m1/s1. The fraction of sp³-hybridized carbons (Fsp3) is 0.400. The van der Waals surface area contributed by atoms with Crippen molar-refractivity contribution in [2.24, 2.45) is 7.05 Å². The van der Waals surface area contributed by atoms with Crippen LogP contribution in [0.5, 0.6) is 11.5 Å². The van der Waals surface area contributed by atoms with E-state index in [0.29, 0.717) is 46.1 Å². The molecule has 1 N–H and O–H groups in total. The minimum atomic E-state index is -0.0777. The van der Waals surface area contributed by atoms with Crippen LogP contribution in [0.3, 0.4) is 0 Å². The van der Waals surface area contributed by atoms with E-state index >= 15 is 0 Å². The van der Waals surface area contributed by atoms with Gasteiger partial charge in [-0.2, -0.15) is 15.2 Å². The number of nitrogens with zero attached hydrogens (tertiary/aromatic N) is 8. The lowest BCUT2D eigenvalue weighted by atomic mass is 9.91. The Bertz CT molecular complexity index is 1620. The first-order valence-corrected chi connectivity index (χ1v) is 12.5. The predicted molar refractivity (Wildman–Crippen MR) is 140 cm³/mol. The van der Waals surface area contributed by atoms with Gasteiger partial charge in [0.05, 0.1) is 36.9 Å². The fourth-order valence-corrected chi connectivity index (χ4v) is 4.88. The molecule has 1 atom stereocenters. The number of aromatic nitrogens is 8. The molecule has 11 nitrogen and oxygen atoms in total. The zero-order valence-electron chi connectivity index (χ0n) is 21.4. The highest BCUT2D eigenvalue weighted by atomic mass is 35.5. The van der Waals surface area contributed by atoms with Crippen LogP contribution in [0.2, 0.25) is 5.02 Å². The topological polar surface area (TPSA) is 109 Å². The smallest absolute Gasteiger partial charge is 0.210 e. The molecule has 0 radical (unpaired) electrons. The van der Waals surface area contributed by atoms with E-state index in [1.54, 1.807) is 23.1 Å². The molecule has 6 heterocycles. The minimum absolute atomic E-state index is 0.0777. The SMILES string of the molecule is Cc1cc2ncc(Oc3cnc4nc(Nc5cc(C(C)(C)C)n([C@@H]6CCOC6)n5)n(C)c4c3Cl)cn2n1. The number of ether oxygens (including phenoxy) is 2. The Morgan fingerprint density at radius 1 is 1.16 bits per heavy atom. The molecular weight excluding hydrogens is 494 g/mol. The molecule has 1 aliphatic rings. The van der Waals surface area contributed by atoms with Gasteiger partial charge in [0.15, 0.2) is 28.6 Å². The van der Waals surface area contributed by atoms with E-state index in [9.17, 15) is 0 Å². The summed E-state index contributed by atoms with van der Waals surface area (Å²) in [5.74, 6) is 2.17. The lowest BCUT2D eigenvalue weighted by Crippen LogP contribution is -2.22. The van der Waals surface area contributed by atoms with Crippen molar-refractivity contribution in [2.45, 2.75) is 45.6 Å². The zero-order chi connectivity index (χ0) is 25.9. The normalized spacial score (nSPS) is 16.2. The third kappa shape index (κ3) is 4.27. The lowest BCUT2D eigenvalue weighted by Gasteiger charge is -2.22. The number of nitrogens with one attached hydrogen (secondary N) is 1. The van der Waals surface area contributed by atoms with E-state index < -0.39 is 0 Å². The summed E-state index contributed by atoms with van der Waals surface area (Å²) in [7, 11) is 1.88. The number of pyridine rings is 1. The van der Waals surface area contributed by atoms with E-state index in [2.05, 4.69) is 56.9 Å². The maximum absolute atomic E-state index is 6.78. The van der Waals surface area contributed by atoms with Crippen molar-refractivity contribution in [1.82, 2.24) is 38.9 Å². The van der Waals surface area contributed by atoms with Gasteiger partial charge in [-0.05, 0) is 13.3 Å². The fourth-order valence-electron chi connectivity index (χ4n) is 4.58. The number of anilines is 2. The zero-order valence-corrected chi connectivity index (χ0v) is 22.1. The van der Waals surface area contributed by atoms with Gasteiger partial charge in [0.2, 0.25) is 5.95 Å². The second-order valence-corrected chi connectivity index (χ2v) is 10.7. The van der Waals surface area contributed by atoms with Crippen LogP contribution in [-0.4, -0.2) is 52.1 Å². The van der Waals surface area contributed by atoms with Crippen LogP contribution in [0.1, 0.15) is 44.6 Å². The summed E-state index contributed by atoms with van der Waals surface area (Å²) >= 11 is 6.78. The Balaban J connectivity index is 1.32. The van der Waals surface area contributed by atoms with Crippen LogP contribution >= 0.6 is 11.6 Å². The number of hydrogen-bond acceptors (Lipinski definition) is 8. The Hall–Kier alpha value is -3.70. The Labute approximate surface area is 218 Å². The Morgan fingerprint density at radius 3 is 2.76 bits per heavy atom. The van der Waals surface area contributed by atoms with Crippen LogP contribution in [0.25, 0.3) is 16.8 Å². The maximum Gasteiger partial charge on any atom is 0.210 e. The first-order chi connectivity index (χ1) is 17.7. The second-order valence-electron chi connectivity index (χ2n) is 10.3. The quantitative estimate of drug-likeness (QED) is 0.345. The molecule has 0 amide bonds. The highest BCUT2D eigenvalue weighted by Gasteiger charge is 2.28. The van der Waals surface area contributed by atoms with Gasteiger partial charge in [-0.15, -0.1) is 0 Å². The van der Waals surface area contributed by atoms with Crippen molar-refractivity contribution in [3.05, 3.63) is 47.1 Å². The molecule has 0 spiro atoms. The minimum Gasteiger partial charge on any atom is -0.451 e. The van der Waals surface area contributed by atoms with Gasteiger partial charge in [0.25, 0.3) is 0 Å². The molecule has 192 valence electrons. The second kappa shape index (κ2) is 8.70. The Kier molecular flexibility index (Phi) is 5.57. The molecule has 5 aromatic rings. The molecule has 0 aromatic carbocycles. The van der Waals surface area contributed by atoms with Crippen molar-refractivity contribution in [3.63, 3.8) is 0 Å². The molecule has 1 saturated heterocycles. The third-order valence-electron chi connectivity index (χ3n) is 6.44. The molecule has 0 unspecified atom stereocenters. The number of aryl methyl sites for hydroxylation is 2. The van der Waals surface area contributed by atoms with E-state index in [1.165, 1.54) is 0 Å². The first-order valence-electron chi connectivity index (χ1n) is 12.1. The highest BCUT2D eigenvalue weighted by Crippen LogP contribution is 2.36. The van der Waals surface area contributed by atoms with E-state index in [-0.39, 0.29) is 11.5 Å². The van der Waals surface area contributed by atoms with Crippen LogP contribution in [-0.2, 0) is 17.2 Å². The number of hydrogen-bond donors (Lipinski definition) is 1. The molecule has 5 aromatic heterocycles. The predicted octanol–water partition coefficient (Wildman–Crippen LogP) is 4.96. The molecule has 1 aliphatic heterocycles. The third-order valence-corrected chi connectivity index (χ3v) is 6.81. The summed E-state index contributed by atoms with van der Waals surface area (Å²) in [5.41, 5.74) is 3.81. The average Bonchev–Trinajstić information content (AvgIpc) is 3.61. The molecule has 1 fully saturated rings. The van der Waals surface area contributed by atoms with Crippen LogP contribution in [0, 0.1) is 6.92 Å². The van der Waals surface area contributed by atoms with Crippen LogP contribution < -0.4 is 10.1 Å². The first kappa shape index (κ1) is 23.7. The number of fused-ring (bicyclic) bond motifs is 2. The van der Waals surface area contributed by atoms with Gasteiger partial charge in [0, 0.05) is 36.9 Å². The van der Waals surface area contributed by atoms with E-state index in [4.69, 9.17) is 26.2 Å². The van der Waals surface area contributed by atoms with Crippen molar-refractivity contribution in [3.8, 4) is 11.5 Å². The van der Waals surface area contributed by atoms with Crippen molar-refractivity contribution in [1.29, 1.82) is 0 Å². The van der Waals surface area contributed by atoms with Gasteiger partial charge in [-0.1, -0.05) is 32.4 Å². The van der Waals surface area contributed by atoms with Crippen LogP contribution in [0.4, 0.5) is 11.8 Å². The van der Waals surface area contributed by atoms with E-state index in [1.807, 2.05) is 24.6 Å². The van der Waals surface area contributed by atoms with E-state index in [0.717, 1.165) is 30.1 Å². The maximum atomic E-state index is 6.78. The number of imidazole rings is 1. The monoisotopic (exact) mass is 521 g/mol. The summed E-state index contributed by atoms with van der Waals surface area (Å²) < 4.78 is 17.2. The van der Waals surface area contributed by atoms with Gasteiger partial charge in [0.1, 0.15) is 10.5 Å². The molecule has 6 rings (SSSR count). The summed E-state index contributed by atoms with van der Waals surface area (Å²) in [4.78, 5) is 13.5. The van der Waals surface area contributed by atoms with Gasteiger partial charge in [-0.3, -0.25) is 4.68 Å². The molecular formula is C25H28ClN9O2. The van der Waals surface area contributed by atoms with Crippen molar-refractivity contribution < 1.29 is 9.47 Å². The highest BCUT2D eigenvalue weighted by molar-refractivity contribution is 6.36. The summed E-state index contributed by atoms with van der Waals surface area (Å²) in [6.07, 6.45) is 5.89. The number of halogens is 1. The molecule has 0 saturated carbocycles. The summed E-state index contributed by atoms with van der Waals surface area (Å²) in [5, 5.41) is 13.0. The lowest BCUT2D eigenvalue weighted by molar-refractivity contribution is 0.183. The summed E-state index contributed by atoms with van der Waals surface area (Å²) in [6.45, 7) is 9.88. The number of rotatable bonds is 5. The Morgan fingerprint density at radius 2 is 2.00 bits per heavy atom. The van der Waals surface area contributed by atoms with Crippen LogP contribution in [0.15, 0.2) is 30.7 Å². The van der Waals surface area contributed by atoms with Crippen molar-refractivity contribution in [2.75, 3.05) is 18.5 Å². The van der Waals surface area contributed by atoms with Gasteiger partial charge >= 0.3 is 0 Å². The largest absolute Gasteiger partial charge is 0.451 e.